The molecule has 4 heteroatoms. The largest absolute Gasteiger partial charge is 0.338 e. The lowest BCUT2D eigenvalue weighted by Gasteiger charge is -1.99. The Balaban J connectivity index is 2.24. The average Bonchev–Trinajstić information content (AvgIpc) is 2.76. The first kappa shape index (κ1) is 9.96. The smallest absolute Gasteiger partial charge is 0.169 e. The van der Waals surface area contributed by atoms with Crippen LogP contribution >= 0.6 is 0 Å². The van der Waals surface area contributed by atoms with Crippen molar-refractivity contribution in [3.8, 4) is 11.4 Å². The summed E-state index contributed by atoms with van der Waals surface area (Å²) >= 11 is 0. The van der Waals surface area contributed by atoms with E-state index in [9.17, 15) is 8.78 Å². The van der Waals surface area contributed by atoms with Gasteiger partial charge in [-0.15, -0.1) is 0 Å². The molecule has 0 aliphatic heterocycles. The van der Waals surface area contributed by atoms with Crippen molar-refractivity contribution in [1.29, 1.82) is 0 Å². The Morgan fingerprint density at radius 2 is 1.76 bits per heavy atom. The van der Waals surface area contributed by atoms with Gasteiger partial charge in [0.15, 0.2) is 11.6 Å². The van der Waals surface area contributed by atoms with Gasteiger partial charge in [0.2, 0.25) is 0 Å². The normalized spacial score (nSPS) is 10.9. The van der Waals surface area contributed by atoms with Crippen LogP contribution in [0, 0.1) is 11.6 Å². The Morgan fingerprint density at radius 3 is 2.59 bits per heavy atom. The van der Waals surface area contributed by atoms with Crippen LogP contribution in [-0.2, 0) is 0 Å². The summed E-state index contributed by atoms with van der Waals surface area (Å²) < 4.78 is 26.7. The third kappa shape index (κ3) is 1.58. The summed E-state index contributed by atoms with van der Waals surface area (Å²) in [5.74, 6) is -1.42. The summed E-state index contributed by atoms with van der Waals surface area (Å²) in [4.78, 5) is 7.18. The highest BCUT2D eigenvalue weighted by Crippen LogP contribution is 2.24. The molecule has 0 spiro atoms. The van der Waals surface area contributed by atoms with Crippen LogP contribution in [-0.4, -0.2) is 9.97 Å². The van der Waals surface area contributed by atoms with E-state index in [0.29, 0.717) is 5.82 Å². The Bertz CT molecular complexity index is 656. The van der Waals surface area contributed by atoms with Crippen LogP contribution in [0.4, 0.5) is 8.78 Å². The number of halogens is 2. The molecule has 0 atom stereocenters. The van der Waals surface area contributed by atoms with Gasteiger partial charge in [0, 0.05) is 0 Å². The predicted octanol–water partition coefficient (Wildman–Crippen LogP) is 3.51. The van der Waals surface area contributed by atoms with E-state index >= 15 is 0 Å². The molecule has 3 rings (SSSR count). The monoisotopic (exact) mass is 230 g/mol. The van der Waals surface area contributed by atoms with Gasteiger partial charge in [0.1, 0.15) is 5.82 Å². The van der Waals surface area contributed by atoms with E-state index in [4.69, 9.17) is 0 Å². The van der Waals surface area contributed by atoms with E-state index in [1.807, 2.05) is 24.3 Å². The Labute approximate surface area is 95.9 Å². The number of para-hydroxylation sites is 2. The Hall–Kier alpha value is -2.23. The number of benzene rings is 2. The summed E-state index contributed by atoms with van der Waals surface area (Å²) in [6, 6.07) is 11.4. The highest BCUT2D eigenvalue weighted by molar-refractivity contribution is 5.79. The molecule has 2 nitrogen and oxygen atoms in total. The standard InChI is InChI=1S/C13H8F2N2/c14-9-5-3-4-8(12(9)15)13-16-10-6-1-2-7-11(10)17-13/h1-7H,(H,16,17). The van der Waals surface area contributed by atoms with E-state index in [1.165, 1.54) is 12.1 Å². The second kappa shape index (κ2) is 3.66. The molecule has 0 saturated carbocycles. The van der Waals surface area contributed by atoms with Crippen molar-refractivity contribution in [3.63, 3.8) is 0 Å². The molecule has 1 N–H and O–H groups in total. The lowest BCUT2D eigenvalue weighted by atomic mass is 10.2. The third-order valence-electron chi connectivity index (χ3n) is 2.60. The Morgan fingerprint density at radius 1 is 0.941 bits per heavy atom. The maximum absolute atomic E-state index is 13.6. The van der Waals surface area contributed by atoms with Gasteiger partial charge in [-0.1, -0.05) is 18.2 Å². The van der Waals surface area contributed by atoms with Gasteiger partial charge in [-0.3, -0.25) is 0 Å². The molecule has 0 fully saturated rings. The van der Waals surface area contributed by atoms with Gasteiger partial charge in [0.25, 0.3) is 0 Å². The van der Waals surface area contributed by atoms with Crippen molar-refractivity contribution in [2.24, 2.45) is 0 Å². The van der Waals surface area contributed by atoms with Crippen molar-refractivity contribution in [2.45, 2.75) is 0 Å². The minimum absolute atomic E-state index is 0.140. The van der Waals surface area contributed by atoms with Crippen molar-refractivity contribution >= 4 is 11.0 Å². The zero-order valence-electron chi connectivity index (χ0n) is 8.74. The molecular formula is C13H8F2N2. The first-order valence-electron chi connectivity index (χ1n) is 5.15. The molecule has 0 amide bonds. The molecule has 0 bridgehead atoms. The summed E-state index contributed by atoms with van der Waals surface area (Å²) in [5, 5.41) is 0. The van der Waals surface area contributed by atoms with E-state index in [-0.39, 0.29) is 5.56 Å². The number of hydrogen-bond acceptors (Lipinski definition) is 1. The fourth-order valence-electron chi connectivity index (χ4n) is 1.77. The molecule has 0 unspecified atom stereocenters. The molecule has 1 heterocycles. The van der Waals surface area contributed by atoms with Crippen LogP contribution in [0.5, 0.6) is 0 Å². The quantitative estimate of drug-likeness (QED) is 0.680. The summed E-state index contributed by atoms with van der Waals surface area (Å²) in [7, 11) is 0. The lowest BCUT2D eigenvalue weighted by molar-refractivity contribution is 0.510. The van der Waals surface area contributed by atoms with E-state index in [1.54, 1.807) is 0 Å². The van der Waals surface area contributed by atoms with Gasteiger partial charge < -0.3 is 4.98 Å². The predicted molar refractivity (Wildman–Crippen MR) is 61.4 cm³/mol. The number of H-pyrrole nitrogens is 1. The lowest BCUT2D eigenvalue weighted by Crippen LogP contribution is -1.90. The summed E-state index contributed by atoms with van der Waals surface area (Å²) in [6.45, 7) is 0. The number of hydrogen-bond donors (Lipinski definition) is 1. The number of aromatic nitrogens is 2. The maximum atomic E-state index is 13.6. The maximum Gasteiger partial charge on any atom is 0.169 e. The number of nitrogens with zero attached hydrogens (tertiary/aromatic N) is 1. The zero-order valence-corrected chi connectivity index (χ0v) is 8.74. The number of aromatic amines is 1. The van der Waals surface area contributed by atoms with Gasteiger partial charge in [-0.25, -0.2) is 13.8 Å². The minimum atomic E-state index is -0.883. The topological polar surface area (TPSA) is 28.7 Å². The van der Waals surface area contributed by atoms with E-state index < -0.39 is 11.6 Å². The highest BCUT2D eigenvalue weighted by Gasteiger charge is 2.12. The molecule has 0 aliphatic carbocycles. The fraction of sp³-hybridized carbons (Fsp3) is 0. The van der Waals surface area contributed by atoms with Crippen LogP contribution in [0.25, 0.3) is 22.4 Å². The molecule has 84 valence electrons. The van der Waals surface area contributed by atoms with Crippen LogP contribution in [0.2, 0.25) is 0 Å². The number of nitrogens with one attached hydrogen (secondary N) is 1. The molecule has 2 aromatic carbocycles. The van der Waals surface area contributed by atoms with Crippen molar-refractivity contribution in [3.05, 3.63) is 54.1 Å². The van der Waals surface area contributed by atoms with Crippen LogP contribution < -0.4 is 0 Å². The van der Waals surface area contributed by atoms with Crippen molar-refractivity contribution in [1.82, 2.24) is 9.97 Å². The van der Waals surface area contributed by atoms with E-state index in [2.05, 4.69) is 9.97 Å². The fourth-order valence-corrected chi connectivity index (χ4v) is 1.77. The summed E-state index contributed by atoms with van der Waals surface area (Å²) in [5.41, 5.74) is 1.67. The number of rotatable bonds is 1. The highest BCUT2D eigenvalue weighted by atomic mass is 19.2. The molecule has 17 heavy (non-hydrogen) atoms. The number of fused-ring (bicyclic) bond motifs is 1. The number of imidazole rings is 1. The minimum Gasteiger partial charge on any atom is -0.338 e. The molecule has 0 saturated heterocycles. The van der Waals surface area contributed by atoms with Gasteiger partial charge in [-0.05, 0) is 24.3 Å². The van der Waals surface area contributed by atoms with Gasteiger partial charge in [-0.2, -0.15) is 0 Å². The average molecular weight is 230 g/mol. The molecule has 0 aliphatic rings. The first-order chi connectivity index (χ1) is 8.25. The third-order valence-corrected chi connectivity index (χ3v) is 2.60. The second-order valence-electron chi connectivity index (χ2n) is 3.70. The molecule has 1 aromatic heterocycles. The zero-order chi connectivity index (χ0) is 11.8. The van der Waals surface area contributed by atoms with Crippen molar-refractivity contribution < 1.29 is 8.78 Å². The Kier molecular flexibility index (Phi) is 2.14. The second-order valence-corrected chi connectivity index (χ2v) is 3.70. The molecule has 0 radical (unpaired) electrons. The van der Waals surface area contributed by atoms with Crippen molar-refractivity contribution in [2.75, 3.05) is 0 Å². The first-order valence-corrected chi connectivity index (χ1v) is 5.15. The molecule has 3 aromatic rings. The van der Waals surface area contributed by atoms with Crippen LogP contribution in [0.3, 0.4) is 0 Å². The van der Waals surface area contributed by atoms with Gasteiger partial charge in [0.05, 0.1) is 16.6 Å². The summed E-state index contributed by atoms with van der Waals surface area (Å²) in [6.07, 6.45) is 0. The van der Waals surface area contributed by atoms with Crippen LogP contribution in [0.1, 0.15) is 0 Å². The van der Waals surface area contributed by atoms with Crippen LogP contribution in [0.15, 0.2) is 42.5 Å². The SMILES string of the molecule is Fc1cccc(-c2nc3ccccc3[nH]2)c1F. The molecular weight excluding hydrogens is 222 g/mol. The van der Waals surface area contributed by atoms with E-state index in [0.717, 1.165) is 17.1 Å². The van der Waals surface area contributed by atoms with Gasteiger partial charge >= 0.3 is 0 Å².